The Hall–Kier alpha value is 0.117. The molecular formula is C10H16INOSSi. The highest BCUT2D eigenvalue weighted by Gasteiger charge is 2.25. The lowest BCUT2D eigenvalue weighted by Gasteiger charge is -2.16. The Morgan fingerprint density at radius 2 is 2.13 bits per heavy atom. The highest BCUT2D eigenvalue weighted by atomic mass is 127. The predicted molar refractivity (Wildman–Crippen MR) is 78.0 cm³/mol. The predicted octanol–water partition coefficient (Wildman–Crippen LogP) is 2.65. The summed E-state index contributed by atoms with van der Waals surface area (Å²) in [5, 5.41) is 4.16. The van der Waals surface area contributed by atoms with Crippen molar-refractivity contribution in [2.45, 2.75) is 26.6 Å². The molecule has 0 spiro atoms. The average Bonchev–Trinajstić information content (AvgIpc) is 2.47. The topological polar surface area (TPSA) is 29.1 Å². The van der Waals surface area contributed by atoms with Gasteiger partial charge in [0, 0.05) is 6.54 Å². The van der Waals surface area contributed by atoms with E-state index in [0.29, 0.717) is 6.54 Å². The average molecular weight is 353 g/mol. The third-order valence-electron chi connectivity index (χ3n) is 2.05. The quantitative estimate of drug-likeness (QED) is 0.657. The van der Waals surface area contributed by atoms with Gasteiger partial charge in [-0.05, 0) is 40.8 Å². The van der Waals surface area contributed by atoms with Crippen LogP contribution in [-0.4, -0.2) is 20.5 Å². The number of thiophene rings is 1. The number of nitrogens with one attached hydrogen (secondary N) is 1. The maximum atomic E-state index is 11.8. The molecule has 1 rings (SSSR count). The van der Waals surface area contributed by atoms with Crippen molar-refractivity contribution in [2.75, 3.05) is 6.54 Å². The fourth-order valence-corrected chi connectivity index (χ4v) is 5.85. The molecule has 0 fully saturated rings. The van der Waals surface area contributed by atoms with Gasteiger partial charge in [0.2, 0.25) is 0 Å². The van der Waals surface area contributed by atoms with Crippen LogP contribution in [-0.2, 0) is 0 Å². The van der Waals surface area contributed by atoms with Gasteiger partial charge < -0.3 is 5.32 Å². The summed E-state index contributed by atoms with van der Waals surface area (Å²) in [6.45, 7) is 9.46. The Labute approximate surface area is 110 Å². The van der Waals surface area contributed by atoms with Gasteiger partial charge in [0.1, 0.15) is 0 Å². The molecule has 0 atom stereocenters. The molecule has 15 heavy (non-hydrogen) atoms. The molecule has 0 radical (unpaired) electrons. The van der Waals surface area contributed by atoms with E-state index in [1.165, 1.54) is 8.07 Å². The van der Waals surface area contributed by atoms with Gasteiger partial charge in [-0.15, -0.1) is 11.3 Å². The summed E-state index contributed by atoms with van der Waals surface area (Å²) in [7, 11) is -1.40. The van der Waals surface area contributed by atoms with Gasteiger partial charge in [-0.1, -0.05) is 19.6 Å². The number of halogens is 1. The van der Waals surface area contributed by atoms with Gasteiger partial charge in [0.05, 0.1) is 15.8 Å². The molecule has 1 aromatic heterocycles. The van der Waals surface area contributed by atoms with Gasteiger partial charge in [-0.25, -0.2) is 0 Å². The second-order valence-electron chi connectivity index (χ2n) is 4.40. The largest absolute Gasteiger partial charge is 0.352 e. The van der Waals surface area contributed by atoms with E-state index >= 15 is 0 Å². The number of carbonyl (C=O) groups is 1. The second-order valence-corrected chi connectivity index (χ2v) is 12.4. The van der Waals surface area contributed by atoms with Crippen LogP contribution in [0.15, 0.2) is 6.07 Å². The van der Waals surface area contributed by atoms with Gasteiger partial charge >= 0.3 is 0 Å². The Balaban J connectivity index is 3.12. The Bertz CT molecular complexity index is 370. The molecule has 1 aromatic rings. The minimum Gasteiger partial charge on any atom is -0.352 e. The van der Waals surface area contributed by atoms with Crippen molar-refractivity contribution in [3.63, 3.8) is 0 Å². The molecular weight excluding hydrogens is 337 g/mol. The Morgan fingerprint density at radius 3 is 2.60 bits per heavy atom. The number of carbonyl (C=O) groups excluding carboxylic acids is 1. The van der Waals surface area contributed by atoms with Crippen LogP contribution in [0.25, 0.3) is 0 Å². The number of rotatable bonds is 3. The van der Waals surface area contributed by atoms with Crippen molar-refractivity contribution >= 4 is 53.1 Å². The summed E-state index contributed by atoms with van der Waals surface area (Å²) in [4.78, 5) is 12.8. The molecule has 0 aliphatic rings. The normalized spacial score (nSPS) is 11.5. The van der Waals surface area contributed by atoms with E-state index in [4.69, 9.17) is 0 Å². The van der Waals surface area contributed by atoms with Crippen molar-refractivity contribution in [2.24, 2.45) is 0 Å². The maximum Gasteiger partial charge on any atom is 0.261 e. The zero-order valence-corrected chi connectivity index (χ0v) is 13.5. The third-order valence-corrected chi connectivity index (χ3v) is 6.14. The van der Waals surface area contributed by atoms with Crippen LogP contribution in [0, 0.1) is 2.88 Å². The number of hydrogen-bond donors (Lipinski definition) is 1. The van der Waals surface area contributed by atoms with Gasteiger partial charge in [-0.2, -0.15) is 0 Å². The molecule has 1 amide bonds. The van der Waals surface area contributed by atoms with Crippen molar-refractivity contribution in [3.05, 3.63) is 13.8 Å². The minimum absolute atomic E-state index is 0.0860. The maximum absolute atomic E-state index is 11.8. The van der Waals surface area contributed by atoms with Gasteiger partial charge in [0.15, 0.2) is 0 Å². The van der Waals surface area contributed by atoms with Crippen LogP contribution in [0.4, 0.5) is 0 Å². The summed E-state index contributed by atoms with van der Waals surface area (Å²) in [5.74, 6) is 0.0860. The van der Waals surface area contributed by atoms with Crippen molar-refractivity contribution in [1.82, 2.24) is 5.32 Å². The summed E-state index contributed by atoms with van der Waals surface area (Å²) in [6.07, 6.45) is 0. The Morgan fingerprint density at radius 1 is 1.53 bits per heavy atom. The summed E-state index contributed by atoms with van der Waals surface area (Å²) < 4.78 is 1.20. The van der Waals surface area contributed by atoms with E-state index in [9.17, 15) is 4.79 Å². The molecule has 0 aromatic carbocycles. The summed E-state index contributed by atoms with van der Waals surface area (Å²) in [6, 6.07) is 2.17. The fraction of sp³-hybridized carbons (Fsp3) is 0.500. The molecule has 2 nitrogen and oxygen atoms in total. The van der Waals surface area contributed by atoms with E-state index in [1.54, 1.807) is 11.3 Å². The monoisotopic (exact) mass is 353 g/mol. The molecule has 1 N–H and O–H groups in total. The molecule has 0 unspecified atom stereocenters. The Kier molecular flexibility index (Phi) is 4.36. The van der Waals surface area contributed by atoms with Crippen molar-refractivity contribution in [1.29, 1.82) is 0 Å². The standard InChI is InChI=1S/C10H16INOSSi/c1-5-12-10(13)9-7(15(2,3)4)6-8(11)14-9/h6H,5H2,1-4H3,(H,12,13). The van der Waals surface area contributed by atoms with Crippen LogP contribution in [0.1, 0.15) is 16.6 Å². The van der Waals surface area contributed by atoms with E-state index in [0.717, 1.165) is 4.88 Å². The van der Waals surface area contributed by atoms with Crippen LogP contribution < -0.4 is 10.5 Å². The summed E-state index contributed by atoms with van der Waals surface area (Å²) >= 11 is 3.89. The van der Waals surface area contributed by atoms with Gasteiger partial charge in [-0.3, -0.25) is 4.79 Å². The summed E-state index contributed by atoms with van der Waals surface area (Å²) in [5.41, 5.74) is 0. The van der Waals surface area contributed by atoms with Crippen LogP contribution in [0.3, 0.4) is 0 Å². The molecule has 84 valence electrons. The zero-order valence-electron chi connectivity index (χ0n) is 9.48. The van der Waals surface area contributed by atoms with Crippen LogP contribution in [0.2, 0.25) is 19.6 Å². The van der Waals surface area contributed by atoms with Gasteiger partial charge in [0.25, 0.3) is 5.91 Å². The van der Waals surface area contributed by atoms with Crippen LogP contribution >= 0.6 is 33.9 Å². The highest BCUT2D eigenvalue weighted by Crippen LogP contribution is 2.20. The molecule has 0 aliphatic carbocycles. The lowest BCUT2D eigenvalue weighted by Crippen LogP contribution is -2.41. The SMILES string of the molecule is CCNC(=O)c1sc(I)cc1[Si](C)(C)C. The first-order valence-electron chi connectivity index (χ1n) is 4.94. The fourth-order valence-electron chi connectivity index (χ4n) is 1.33. The first-order chi connectivity index (χ1) is 6.86. The molecule has 5 heteroatoms. The molecule has 0 saturated carbocycles. The van der Waals surface area contributed by atoms with E-state index in [2.05, 4.69) is 53.6 Å². The second kappa shape index (κ2) is 4.97. The minimum atomic E-state index is -1.40. The number of amides is 1. The number of hydrogen-bond acceptors (Lipinski definition) is 2. The van der Waals surface area contributed by atoms with Crippen molar-refractivity contribution in [3.8, 4) is 0 Å². The van der Waals surface area contributed by atoms with E-state index < -0.39 is 8.07 Å². The first-order valence-corrected chi connectivity index (χ1v) is 10.3. The van der Waals surface area contributed by atoms with E-state index in [-0.39, 0.29) is 5.91 Å². The molecule has 0 aliphatic heterocycles. The zero-order chi connectivity index (χ0) is 11.6. The lowest BCUT2D eigenvalue weighted by molar-refractivity contribution is 0.0961. The third kappa shape index (κ3) is 3.29. The smallest absolute Gasteiger partial charge is 0.261 e. The van der Waals surface area contributed by atoms with Crippen LogP contribution in [0.5, 0.6) is 0 Å². The lowest BCUT2D eigenvalue weighted by atomic mass is 10.4. The molecule has 0 saturated heterocycles. The first kappa shape index (κ1) is 13.2. The molecule has 0 bridgehead atoms. The van der Waals surface area contributed by atoms with E-state index in [1.807, 2.05) is 6.92 Å². The van der Waals surface area contributed by atoms with Crippen molar-refractivity contribution < 1.29 is 4.79 Å². The highest BCUT2D eigenvalue weighted by molar-refractivity contribution is 14.1. The molecule has 1 heterocycles.